The van der Waals surface area contributed by atoms with Gasteiger partial charge >= 0.3 is 0 Å². The van der Waals surface area contributed by atoms with Crippen molar-refractivity contribution in [1.29, 1.82) is 0 Å². The topological polar surface area (TPSA) is 64.4 Å². The third-order valence-corrected chi connectivity index (χ3v) is 5.98. The molecule has 0 N–H and O–H groups in total. The van der Waals surface area contributed by atoms with Crippen LogP contribution in [0.25, 0.3) is 0 Å². The maximum atomic E-state index is 12.9. The molecule has 0 saturated carbocycles. The molecule has 134 valence electrons. The van der Waals surface area contributed by atoms with Crippen LogP contribution in [0, 0.1) is 18.8 Å². The van der Waals surface area contributed by atoms with Crippen molar-refractivity contribution in [2.75, 3.05) is 4.90 Å². The summed E-state index contributed by atoms with van der Waals surface area (Å²) in [5, 5.41) is 5.22. The van der Waals surface area contributed by atoms with Gasteiger partial charge in [-0.3, -0.25) is 14.3 Å². The van der Waals surface area contributed by atoms with Gasteiger partial charge in [0.1, 0.15) is 0 Å². The van der Waals surface area contributed by atoms with Crippen molar-refractivity contribution in [2.24, 2.45) is 11.8 Å². The highest BCUT2D eigenvalue weighted by molar-refractivity contribution is 6.30. The Bertz CT molecular complexity index is 879. The lowest BCUT2D eigenvalue weighted by molar-refractivity contribution is -0.124. The van der Waals surface area contributed by atoms with Gasteiger partial charge in [-0.15, -0.1) is 0 Å². The fourth-order valence-corrected chi connectivity index (χ4v) is 4.59. The van der Waals surface area contributed by atoms with E-state index in [4.69, 9.17) is 16.3 Å². The fraction of sp³-hybridized carbons (Fsp3) is 0.421. The summed E-state index contributed by atoms with van der Waals surface area (Å²) in [6.07, 6.45) is 1.51. The maximum Gasteiger partial charge on any atom is 0.241 e. The molecule has 4 heterocycles. The highest BCUT2D eigenvalue weighted by Crippen LogP contribution is 2.49. The number of aromatic nitrogens is 2. The molecule has 2 amide bonds. The van der Waals surface area contributed by atoms with E-state index in [-0.39, 0.29) is 35.9 Å². The lowest BCUT2D eigenvalue weighted by atomic mass is 9.81. The van der Waals surface area contributed by atoms with Crippen LogP contribution >= 0.6 is 11.6 Å². The molecular weight excluding hydrogens is 354 g/mol. The molecule has 1 aromatic heterocycles. The second-order valence-electron chi connectivity index (χ2n) is 7.28. The zero-order chi connectivity index (χ0) is 18.0. The third-order valence-electron chi connectivity index (χ3n) is 5.73. The number of halogens is 1. The monoisotopic (exact) mass is 371 g/mol. The maximum absolute atomic E-state index is 12.9. The Morgan fingerprint density at radius 2 is 1.73 bits per heavy atom. The molecule has 26 heavy (non-hydrogen) atoms. The molecule has 3 saturated heterocycles. The summed E-state index contributed by atoms with van der Waals surface area (Å²) in [6, 6.07) is 9.35. The molecule has 0 spiro atoms. The van der Waals surface area contributed by atoms with Crippen LogP contribution in [0.1, 0.15) is 24.1 Å². The van der Waals surface area contributed by atoms with E-state index in [1.807, 2.05) is 31.2 Å². The molecule has 5 rings (SSSR count). The lowest BCUT2D eigenvalue weighted by Gasteiger charge is -2.15. The summed E-state index contributed by atoms with van der Waals surface area (Å²) in [4.78, 5) is 27.0. The van der Waals surface area contributed by atoms with Gasteiger partial charge in [-0.2, -0.15) is 5.10 Å². The van der Waals surface area contributed by atoms with Crippen molar-refractivity contribution >= 4 is 29.2 Å². The number of rotatable bonds is 3. The van der Waals surface area contributed by atoms with Crippen LogP contribution < -0.4 is 4.90 Å². The molecule has 4 atom stereocenters. The van der Waals surface area contributed by atoms with Crippen molar-refractivity contribution in [3.05, 3.63) is 46.6 Å². The predicted octanol–water partition coefficient (Wildman–Crippen LogP) is 2.56. The molecule has 0 unspecified atom stereocenters. The number of hydrogen-bond donors (Lipinski definition) is 0. The number of carbonyl (C=O) groups is 2. The van der Waals surface area contributed by atoms with Gasteiger partial charge in [-0.25, -0.2) is 4.90 Å². The summed E-state index contributed by atoms with van der Waals surface area (Å²) in [5.41, 5.74) is 1.95. The Labute approximate surface area is 155 Å². The first-order valence-electron chi connectivity index (χ1n) is 8.85. The van der Waals surface area contributed by atoms with Crippen molar-refractivity contribution in [2.45, 2.75) is 38.5 Å². The Morgan fingerprint density at radius 1 is 1.12 bits per heavy atom. The van der Waals surface area contributed by atoms with E-state index in [0.717, 1.165) is 24.1 Å². The Balaban J connectivity index is 1.43. The van der Waals surface area contributed by atoms with Crippen LogP contribution in [0.5, 0.6) is 0 Å². The van der Waals surface area contributed by atoms with Gasteiger partial charge in [0, 0.05) is 16.8 Å². The number of nitrogens with zero attached hydrogens (tertiary/aromatic N) is 3. The zero-order valence-electron chi connectivity index (χ0n) is 14.3. The number of carbonyl (C=O) groups excluding carboxylic acids is 2. The molecule has 6 nitrogen and oxygen atoms in total. The van der Waals surface area contributed by atoms with Gasteiger partial charge < -0.3 is 4.74 Å². The van der Waals surface area contributed by atoms with Crippen LogP contribution in [0.2, 0.25) is 5.02 Å². The molecule has 1 aromatic carbocycles. The average Bonchev–Trinajstić information content (AvgIpc) is 3.35. The number of benzene rings is 1. The van der Waals surface area contributed by atoms with E-state index in [1.165, 1.54) is 4.90 Å². The number of ether oxygens (including phenoxy) is 1. The molecule has 3 aliphatic rings. The molecule has 2 bridgehead atoms. The van der Waals surface area contributed by atoms with Crippen molar-refractivity contribution in [1.82, 2.24) is 9.78 Å². The Morgan fingerprint density at radius 3 is 2.35 bits per heavy atom. The summed E-state index contributed by atoms with van der Waals surface area (Å²) in [7, 11) is 0. The van der Waals surface area contributed by atoms with Crippen molar-refractivity contribution in [3.8, 4) is 0 Å². The molecule has 7 heteroatoms. The standard InChI is InChI=1S/C19H18ClN3O3/c1-10-8-15(21-22(10)9-11-2-4-12(20)5-3-11)23-18(24)16-13-6-7-14(26-13)17(16)19(23)25/h2-5,8,13-14,16-17H,6-7,9H2,1H3/t13-,14-,16-,17-/m1/s1. The molecular formula is C19H18ClN3O3. The Kier molecular flexibility index (Phi) is 3.49. The second kappa shape index (κ2) is 5.66. The normalized spacial score (nSPS) is 29.7. The minimum Gasteiger partial charge on any atom is -0.373 e. The zero-order valence-corrected chi connectivity index (χ0v) is 15.0. The highest BCUT2D eigenvalue weighted by Gasteiger charge is 2.63. The van der Waals surface area contributed by atoms with Gasteiger partial charge in [-0.05, 0) is 37.5 Å². The number of amides is 2. The second-order valence-corrected chi connectivity index (χ2v) is 7.72. The van der Waals surface area contributed by atoms with Crippen molar-refractivity contribution < 1.29 is 14.3 Å². The Hall–Kier alpha value is -2.18. The third kappa shape index (κ3) is 2.25. The first kappa shape index (κ1) is 16.0. The van der Waals surface area contributed by atoms with E-state index in [1.54, 1.807) is 10.7 Å². The first-order chi connectivity index (χ1) is 12.5. The molecule has 0 radical (unpaired) electrons. The van der Waals surface area contributed by atoms with Gasteiger partial charge in [0.25, 0.3) is 0 Å². The van der Waals surface area contributed by atoms with E-state index in [2.05, 4.69) is 5.10 Å². The van der Waals surface area contributed by atoms with Gasteiger partial charge in [0.2, 0.25) is 11.8 Å². The van der Waals surface area contributed by atoms with Crippen LogP contribution in [0.4, 0.5) is 5.82 Å². The van der Waals surface area contributed by atoms with Crippen LogP contribution in [-0.4, -0.2) is 33.8 Å². The van der Waals surface area contributed by atoms with Gasteiger partial charge in [0.05, 0.1) is 30.6 Å². The summed E-state index contributed by atoms with van der Waals surface area (Å²) in [5.74, 6) is -0.571. The van der Waals surface area contributed by atoms with Crippen molar-refractivity contribution in [3.63, 3.8) is 0 Å². The predicted molar refractivity (Wildman–Crippen MR) is 94.9 cm³/mol. The summed E-state index contributed by atoms with van der Waals surface area (Å²) in [6.45, 7) is 2.48. The number of aryl methyl sites for hydroxylation is 1. The fourth-order valence-electron chi connectivity index (χ4n) is 4.46. The molecule has 0 aliphatic carbocycles. The summed E-state index contributed by atoms with van der Waals surface area (Å²) >= 11 is 5.93. The highest BCUT2D eigenvalue weighted by atomic mass is 35.5. The largest absolute Gasteiger partial charge is 0.373 e. The SMILES string of the molecule is Cc1cc(N2C(=O)[C@H]3[C@H](C2=O)[C@H]2CC[C@H]3O2)nn1Cc1ccc(Cl)cc1. The minimum absolute atomic E-state index is 0.108. The smallest absolute Gasteiger partial charge is 0.241 e. The molecule has 3 aliphatic heterocycles. The molecule has 2 aromatic rings. The quantitative estimate of drug-likeness (QED) is 0.778. The van der Waals surface area contributed by atoms with Crippen LogP contribution in [0.3, 0.4) is 0 Å². The van der Waals surface area contributed by atoms with E-state index < -0.39 is 0 Å². The average molecular weight is 372 g/mol. The number of hydrogen-bond acceptors (Lipinski definition) is 4. The number of anilines is 1. The van der Waals surface area contributed by atoms with Crippen LogP contribution in [-0.2, 0) is 20.9 Å². The first-order valence-corrected chi connectivity index (χ1v) is 9.23. The van der Waals surface area contributed by atoms with Gasteiger partial charge in [0.15, 0.2) is 5.82 Å². The number of fused-ring (bicyclic) bond motifs is 5. The van der Waals surface area contributed by atoms with Crippen LogP contribution in [0.15, 0.2) is 30.3 Å². The number of imide groups is 1. The summed E-state index contributed by atoms with van der Waals surface area (Å²) < 4.78 is 7.58. The minimum atomic E-state index is -0.331. The van der Waals surface area contributed by atoms with Gasteiger partial charge in [-0.1, -0.05) is 23.7 Å². The van der Waals surface area contributed by atoms with E-state index >= 15 is 0 Å². The van der Waals surface area contributed by atoms with E-state index in [0.29, 0.717) is 17.4 Å². The molecule has 3 fully saturated rings. The van der Waals surface area contributed by atoms with E-state index in [9.17, 15) is 9.59 Å². The lowest BCUT2D eigenvalue weighted by Crippen LogP contribution is -2.34.